The van der Waals surface area contributed by atoms with Gasteiger partial charge in [0.2, 0.25) is 0 Å². The molecule has 2 heterocycles. The Kier molecular flexibility index (Phi) is 3.73. The molecule has 1 aliphatic rings. The summed E-state index contributed by atoms with van der Waals surface area (Å²) in [5, 5.41) is 19.2. The largest absolute Gasteiger partial charge is 0.510 e. The van der Waals surface area contributed by atoms with Gasteiger partial charge in [-0.25, -0.2) is 4.98 Å². The third-order valence-corrected chi connectivity index (χ3v) is 5.17. The number of para-hydroxylation sites is 1. The van der Waals surface area contributed by atoms with Crippen LogP contribution in [0, 0.1) is 5.41 Å². The van der Waals surface area contributed by atoms with Crippen LogP contribution in [0.3, 0.4) is 0 Å². The number of rotatable bonds is 2. The van der Waals surface area contributed by atoms with Gasteiger partial charge in [0.05, 0.1) is 27.9 Å². The molecule has 0 atom stereocenters. The summed E-state index contributed by atoms with van der Waals surface area (Å²) < 4.78 is 39.1. The van der Waals surface area contributed by atoms with Crippen LogP contribution in [0.2, 0.25) is 0 Å². The Bertz CT molecular complexity index is 1000. The molecule has 0 saturated carbocycles. The first kappa shape index (κ1) is 16.6. The average Bonchev–Trinajstić information content (AvgIpc) is 3.14. The molecule has 2 N–H and O–H groups in total. The van der Waals surface area contributed by atoms with Gasteiger partial charge in [0, 0.05) is 5.69 Å². The summed E-state index contributed by atoms with van der Waals surface area (Å²) in [6, 6.07) is 12.0. The summed E-state index contributed by atoms with van der Waals surface area (Å²) in [5.41, 5.74) is 0.737. The Morgan fingerprint density at radius 2 is 1.77 bits per heavy atom. The molecule has 0 saturated heterocycles. The second-order valence-corrected chi connectivity index (χ2v) is 6.82. The first-order valence-electron chi connectivity index (χ1n) is 7.66. The molecule has 0 fully saturated rings. The summed E-state index contributed by atoms with van der Waals surface area (Å²) in [4.78, 5) is 5.91. The van der Waals surface area contributed by atoms with E-state index in [9.17, 15) is 18.3 Å². The number of aliphatic hydroxyl groups excluding tert-OH is 1. The second kappa shape index (κ2) is 5.84. The molecule has 0 bridgehead atoms. The van der Waals surface area contributed by atoms with Gasteiger partial charge >= 0.3 is 6.18 Å². The number of nitrogens with zero attached hydrogens (tertiary/aromatic N) is 2. The van der Waals surface area contributed by atoms with Gasteiger partial charge in [-0.15, -0.1) is 11.3 Å². The van der Waals surface area contributed by atoms with Crippen molar-refractivity contribution in [2.24, 2.45) is 0 Å². The molecule has 4 rings (SSSR count). The van der Waals surface area contributed by atoms with E-state index in [0.29, 0.717) is 16.3 Å². The van der Waals surface area contributed by atoms with Gasteiger partial charge in [-0.3, -0.25) is 5.41 Å². The molecule has 0 amide bonds. The van der Waals surface area contributed by atoms with Crippen LogP contribution in [0.1, 0.15) is 10.6 Å². The number of hydrogen-bond donors (Lipinski definition) is 2. The zero-order valence-electron chi connectivity index (χ0n) is 13.2. The SMILES string of the molecule is N=C1C(c2nc3ccccc3s2)=C(O)CN1c1ccc(C(F)(F)F)cc1. The van der Waals surface area contributed by atoms with E-state index in [-0.39, 0.29) is 18.1 Å². The minimum atomic E-state index is -4.41. The predicted molar refractivity (Wildman–Crippen MR) is 95.7 cm³/mol. The van der Waals surface area contributed by atoms with Crippen molar-refractivity contribution in [3.8, 4) is 0 Å². The number of nitrogens with one attached hydrogen (secondary N) is 1. The maximum atomic E-state index is 12.7. The fraction of sp³-hybridized carbons (Fsp3) is 0.111. The highest BCUT2D eigenvalue weighted by atomic mass is 32.1. The minimum Gasteiger partial charge on any atom is -0.510 e. The fourth-order valence-electron chi connectivity index (χ4n) is 2.83. The summed E-state index contributed by atoms with van der Waals surface area (Å²) >= 11 is 1.36. The van der Waals surface area contributed by atoms with Crippen molar-refractivity contribution in [1.82, 2.24) is 4.98 Å². The van der Waals surface area contributed by atoms with Gasteiger partial charge in [0.1, 0.15) is 16.6 Å². The summed E-state index contributed by atoms with van der Waals surface area (Å²) in [6.07, 6.45) is -4.41. The van der Waals surface area contributed by atoms with E-state index < -0.39 is 11.7 Å². The number of aromatic nitrogens is 1. The first-order chi connectivity index (χ1) is 12.3. The van der Waals surface area contributed by atoms with Crippen LogP contribution >= 0.6 is 11.3 Å². The zero-order valence-corrected chi connectivity index (χ0v) is 14.0. The number of fused-ring (bicyclic) bond motifs is 1. The third-order valence-electron chi connectivity index (χ3n) is 4.12. The van der Waals surface area contributed by atoms with Crippen LogP contribution in [0.4, 0.5) is 18.9 Å². The Morgan fingerprint density at radius 1 is 1.08 bits per heavy atom. The molecule has 0 aliphatic carbocycles. The van der Waals surface area contributed by atoms with Crippen molar-refractivity contribution in [2.45, 2.75) is 6.18 Å². The van der Waals surface area contributed by atoms with Crippen molar-refractivity contribution < 1.29 is 18.3 Å². The fourth-order valence-corrected chi connectivity index (χ4v) is 3.87. The number of hydrogen-bond acceptors (Lipinski definition) is 4. The van der Waals surface area contributed by atoms with Gasteiger partial charge in [0.25, 0.3) is 0 Å². The highest BCUT2D eigenvalue weighted by molar-refractivity contribution is 7.19. The lowest BCUT2D eigenvalue weighted by molar-refractivity contribution is -0.137. The maximum absolute atomic E-state index is 12.7. The number of thiazole rings is 1. The van der Waals surface area contributed by atoms with Crippen LogP contribution < -0.4 is 4.90 Å². The van der Waals surface area contributed by atoms with Crippen LogP contribution in [-0.2, 0) is 6.18 Å². The maximum Gasteiger partial charge on any atom is 0.416 e. The van der Waals surface area contributed by atoms with Gasteiger partial charge in [-0.1, -0.05) is 12.1 Å². The van der Waals surface area contributed by atoms with Crippen LogP contribution in [-0.4, -0.2) is 22.5 Å². The lowest BCUT2D eigenvalue weighted by Crippen LogP contribution is -2.26. The third kappa shape index (κ3) is 2.72. The normalized spacial score (nSPS) is 15.3. The van der Waals surface area contributed by atoms with Gasteiger partial charge in [-0.2, -0.15) is 13.2 Å². The molecule has 26 heavy (non-hydrogen) atoms. The Balaban J connectivity index is 1.66. The molecule has 0 radical (unpaired) electrons. The monoisotopic (exact) mass is 375 g/mol. The predicted octanol–water partition coefficient (Wildman–Crippen LogP) is 5.08. The van der Waals surface area contributed by atoms with E-state index in [0.717, 1.165) is 22.3 Å². The molecule has 0 spiro atoms. The lowest BCUT2D eigenvalue weighted by atomic mass is 10.2. The molecular formula is C18H12F3N3OS. The molecular weight excluding hydrogens is 363 g/mol. The zero-order chi connectivity index (χ0) is 18.5. The van der Waals surface area contributed by atoms with Crippen molar-refractivity contribution >= 4 is 38.6 Å². The van der Waals surface area contributed by atoms with Crippen molar-refractivity contribution in [2.75, 3.05) is 11.4 Å². The Morgan fingerprint density at radius 3 is 2.42 bits per heavy atom. The quantitative estimate of drug-likeness (QED) is 0.657. The van der Waals surface area contributed by atoms with E-state index in [4.69, 9.17) is 5.41 Å². The number of amidine groups is 1. The number of benzene rings is 2. The highest BCUT2D eigenvalue weighted by Gasteiger charge is 2.33. The topological polar surface area (TPSA) is 60.2 Å². The van der Waals surface area contributed by atoms with Crippen molar-refractivity contribution in [3.63, 3.8) is 0 Å². The number of alkyl halides is 3. The summed E-state index contributed by atoms with van der Waals surface area (Å²) in [5.74, 6) is -0.00438. The Labute approximate surface area is 150 Å². The summed E-state index contributed by atoms with van der Waals surface area (Å²) in [7, 11) is 0. The standard InChI is InChI=1S/C18H12F3N3OS/c19-18(20,21)10-5-7-11(8-6-10)24-9-13(25)15(16(24)22)17-23-12-3-1-2-4-14(12)26-17/h1-8,22,25H,9H2. The second-order valence-electron chi connectivity index (χ2n) is 5.79. The number of aliphatic hydroxyl groups is 1. The molecule has 0 unspecified atom stereocenters. The molecule has 4 nitrogen and oxygen atoms in total. The molecule has 132 valence electrons. The van der Waals surface area contributed by atoms with Gasteiger partial charge in [-0.05, 0) is 36.4 Å². The van der Waals surface area contributed by atoms with Crippen LogP contribution in [0.15, 0.2) is 54.3 Å². The van der Waals surface area contributed by atoms with Crippen molar-refractivity contribution in [1.29, 1.82) is 5.41 Å². The molecule has 8 heteroatoms. The molecule has 1 aliphatic heterocycles. The first-order valence-corrected chi connectivity index (χ1v) is 8.48. The smallest absolute Gasteiger partial charge is 0.416 e. The minimum absolute atomic E-state index is 0.0151. The van der Waals surface area contributed by atoms with Crippen LogP contribution in [0.25, 0.3) is 15.8 Å². The number of halogens is 3. The average molecular weight is 375 g/mol. The molecule has 3 aromatic rings. The number of anilines is 1. The van der Waals surface area contributed by atoms with E-state index in [1.165, 1.54) is 28.4 Å². The van der Waals surface area contributed by atoms with Crippen molar-refractivity contribution in [3.05, 3.63) is 64.9 Å². The Hall–Kier alpha value is -2.87. The van der Waals surface area contributed by atoms with Gasteiger partial charge in [0.15, 0.2) is 0 Å². The highest BCUT2D eigenvalue weighted by Crippen LogP contribution is 2.36. The van der Waals surface area contributed by atoms with E-state index in [1.807, 2.05) is 24.3 Å². The van der Waals surface area contributed by atoms with E-state index >= 15 is 0 Å². The molecule has 2 aromatic carbocycles. The van der Waals surface area contributed by atoms with Gasteiger partial charge < -0.3 is 10.0 Å². The summed E-state index contributed by atoms with van der Waals surface area (Å²) in [6.45, 7) is 0.0233. The van der Waals surface area contributed by atoms with E-state index in [2.05, 4.69) is 4.98 Å². The van der Waals surface area contributed by atoms with E-state index in [1.54, 1.807) is 0 Å². The molecule has 1 aromatic heterocycles. The lowest BCUT2D eigenvalue weighted by Gasteiger charge is -2.19. The van der Waals surface area contributed by atoms with Crippen LogP contribution in [0.5, 0.6) is 0 Å².